The topological polar surface area (TPSA) is 29.3 Å². The highest BCUT2D eigenvalue weighted by molar-refractivity contribution is 7.09. The summed E-state index contributed by atoms with van der Waals surface area (Å²) in [6, 6.07) is 4.59. The summed E-state index contributed by atoms with van der Waals surface area (Å²) in [6.45, 7) is 7.08. The molecule has 1 saturated heterocycles. The van der Waals surface area contributed by atoms with Gasteiger partial charge in [-0.3, -0.25) is 4.90 Å². The third-order valence-electron chi connectivity index (χ3n) is 4.65. The SMILES string of the molecule is CCC(CC)(C(N)Cc1cccs1)N1CCCC1. The van der Waals surface area contributed by atoms with Gasteiger partial charge >= 0.3 is 0 Å². The second-order valence-electron chi connectivity index (χ2n) is 5.39. The van der Waals surface area contributed by atoms with Crippen LogP contribution in [0.1, 0.15) is 44.4 Å². The van der Waals surface area contributed by atoms with E-state index >= 15 is 0 Å². The van der Waals surface area contributed by atoms with Crippen LogP contribution in [0.5, 0.6) is 0 Å². The van der Waals surface area contributed by atoms with Crippen molar-refractivity contribution in [2.45, 2.75) is 57.5 Å². The van der Waals surface area contributed by atoms with Crippen LogP contribution in [0.2, 0.25) is 0 Å². The van der Waals surface area contributed by atoms with Crippen LogP contribution in [0.4, 0.5) is 0 Å². The lowest BCUT2D eigenvalue weighted by atomic mass is 9.81. The maximum Gasteiger partial charge on any atom is 0.0358 e. The summed E-state index contributed by atoms with van der Waals surface area (Å²) in [5, 5.41) is 2.15. The molecule has 1 fully saturated rings. The lowest BCUT2D eigenvalue weighted by Gasteiger charge is -2.45. The van der Waals surface area contributed by atoms with Gasteiger partial charge in [-0.05, 0) is 56.6 Å². The molecule has 0 saturated carbocycles. The minimum atomic E-state index is 0.209. The van der Waals surface area contributed by atoms with Gasteiger partial charge in [0.1, 0.15) is 0 Å². The van der Waals surface area contributed by atoms with Crippen LogP contribution in [-0.4, -0.2) is 29.6 Å². The molecule has 0 aliphatic carbocycles. The third kappa shape index (κ3) is 2.63. The van der Waals surface area contributed by atoms with Crippen molar-refractivity contribution in [1.29, 1.82) is 0 Å². The Hall–Kier alpha value is -0.380. The molecule has 0 radical (unpaired) electrons. The molecular weight excluding hydrogens is 240 g/mol. The fraction of sp³-hybridized carbons (Fsp3) is 0.733. The van der Waals surface area contributed by atoms with Gasteiger partial charge in [-0.1, -0.05) is 19.9 Å². The predicted molar refractivity (Wildman–Crippen MR) is 80.1 cm³/mol. The van der Waals surface area contributed by atoms with E-state index in [1.807, 2.05) is 11.3 Å². The third-order valence-corrected chi connectivity index (χ3v) is 5.55. The van der Waals surface area contributed by atoms with Crippen LogP contribution in [0.15, 0.2) is 17.5 Å². The zero-order valence-corrected chi connectivity index (χ0v) is 12.5. The van der Waals surface area contributed by atoms with Gasteiger partial charge in [0.15, 0.2) is 0 Å². The zero-order valence-electron chi connectivity index (χ0n) is 11.7. The first kappa shape index (κ1) is 14.0. The summed E-state index contributed by atoms with van der Waals surface area (Å²) in [4.78, 5) is 4.08. The molecule has 2 heterocycles. The van der Waals surface area contributed by atoms with Crippen LogP contribution in [0, 0.1) is 0 Å². The van der Waals surface area contributed by atoms with Crippen LogP contribution in [0.25, 0.3) is 0 Å². The quantitative estimate of drug-likeness (QED) is 0.856. The molecule has 0 aromatic carbocycles. The normalized spacial score (nSPS) is 19.3. The first-order chi connectivity index (χ1) is 8.73. The van der Waals surface area contributed by atoms with E-state index < -0.39 is 0 Å². The summed E-state index contributed by atoms with van der Waals surface area (Å²) in [6.07, 6.45) is 6.03. The van der Waals surface area contributed by atoms with Gasteiger partial charge < -0.3 is 5.73 Å². The number of nitrogens with zero attached hydrogens (tertiary/aromatic N) is 1. The molecule has 2 rings (SSSR count). The van der Waals surface area contributed by atoms with E-state index in [0.717, 1.165) is 19.3 Å². The van der Waals surface area contributed by atoms with E-state index in [1.54, 1.807) is 0 Å². The Bertz CT molecular complexity index is 337. The summed E-state index contributed by atoms with van der Waals surface area (Å²) >= 11 is 1.83. The van der Waals surface area contributed by atoms with Crippen molar-refractivity contribution < 1.29 is 0 Å². The van der Waals surface area contributed by atoms with E-state index in [1.165, 1.54) is 30.8 Å². The molecule has 0 bridgehead atoms. The Morgan fingerprint density at radius 2 is 2.00 bits per heavy atom. The number of nitrogens with two attached hydrogens (primary N) is 1. The molecule has 0 spiro atoms. The molecule has 2 nitrogen and oxygen atoms in total. The van der Waals surface area contributed by atoms with Crippen molar-refractivity contribution in [3.8, 4) is 0 Å². The van der Waals surface area contributed by atoms with Crippen LogP contribution in [0.3, 0.4) is 0 Å². The maximum atomic E-state index is 6.61. The molecule has 1 aliphatic heterocycles. The van der Waals surface area contributed by atoms with Gasteiger partial charge in [-0.25, -0.2) is 0 Å². The van der Waals surface area contributed by atoms with Gasteiger partial charge in [-0.2, -0.15) is 0 Å². The zero-order chi connectivity index (χ0) is 13.0. The standard InChI is InChI=1S/C15H26N2S/c1-3-15(4-2,17-9-5-6-10-17)14(16)12-13-8-7-11-18-13/h7-8,11,14H,3-6,9-10,12,16H2,1-2H3. The van der Waals surface area contributed by atoms with Crippen LogP contribution < -0.4 is 5.73 Å². The second kappa shape index (κ2) is 6.18. The Morgan fingerprint density at radius 1 is 1.33 bits per heavy atom. The van der Waals surface area contributed by atoms with Gasteiger partial charge in [0.05, 0.1) is 0 Å². The molecule has 1 unspecified atom stereocenters. The summed E-state index contributed by atoms with van der Waals surface area (Å²) < 4.78 is 0. The molecule has 0 amide bonds. The summed E-state index contributed by atoms with van der Waals surface area (Å²) in [7, 11) is 0. The average molecular weight is 266 g/mol. The van der Waals surface area contributed by atoms with Crippen molar-refractivity contribution in [3.63, 3.8) is 0 Å². The van der Waals surface area contributed by atoms with Crippen molar-refractivity contribution in [1.82, 2.24) is 4.90 Å². The van der Waals surface area contributed by atoms with E-state index in [2.05, 4.69) is 36.3 Å². The second-order valence-corrected chi connectivity index (χ2v) is 6.43. The number of likely N-dealkylation sites (tertiary alicyclic amines) is 1. The fourth-order valence-corrected chi connectivity index (χ4v) is 4.22. The minimum absolute atomic E-state index is 0.209. The number of hydrogen-bond donors (Lipinski definition) is 1. The first-order valence-electron chi connectivity index (χ1n) is 7.26. The van der Waals surface area contributed by atoms with E-state index in [4.69, 9.17) is 5.73 Å². The van der Waals surface area contributed by atoms with E-state index in [9.17, 15) is 0 Å². The molecule has 2 N–H and O–H groups in total. The van der Waals surface area contributed by atoms with Crippen molar-refractivity contribution in [2.75, 3.05) is 13.1 Å². The predicted octanol–water partition coefficient (Wildman–Crippen LogP) is 3.27. The molecule has 1 aromatic heterocycles. The van der Waals surface area contributed by atoms with Gasteiger partial charge in [0, 0.05) is 16.5 Å². The Morgan fingerprint density at radius 3 is 2.50 bits per heavy atom. The maximum absolute atomic E-state index is 6.61. The summed E-state index contributed by atoms with van der Waals surface area (Å²) in [5.74, 6) is 0. The van der Waals surface area contributed by atoms with E-state index in [-0.39, 0.29) is 11.6 Å². The van der Waals surface area contributed by atoms with E-state index in [0.29, 0.717) is 0 Å². The number of thiophene rings is 1. The monoisotopic (exact) mass is 266 g/mol. The average Bonchev–Trinajstić information content (AvgIpc) is 3.04. The first-order valence-corrected chi connectivity index (χ1v) is 8.14. The van der Waals surface area contributed by atoms with Crippen LogP contribution in [-0.2, 0) is 6.42 Å². The Kier molecular flexibility index (Phi) is 4.82. The van der Waals surface area contributed by atoms with Gasteiger partial charge in [0.25, 0.3) is 0 Å². The molecule has 18 heavy (non-hydrogen) atoms. The fourth-order valence-electron chi connectivity index (χ4n) is 3.45. The molecule has 1 aliphatic rings. The molecule has 3 heteroatoms. The Labute approximate surface area is 115 Å². The molecule has 1 atom stereocenters. The smallest absolute Gasteiger partial charge is 0.0358 e. The van der Waals surface area contributed by atoms with Crippen molar-refractivity contribution in [2.24, 2.45) is 5.73 Å². The van der Waals surface area contributed by atoms with Crippen LogP contribution >= 0.6 is 11.3 Å². The highest BCUT2D eigenvalue weighted by Gasteiger charge is 2.40. The highest BCUT2D eigenvalue weighted by atomic mass is 32.1. The summed E-state index contributed by atoms with van der Waals surface area (Å²) in [5.41, 5.74) is 6.82. The lowest BCUT2D eigenvalue weighted by Crippen LogP contribution is -2.59. The van der Waals surface area contributed by atoms with Gasteiger partial charge in [-0.15, -0.1) is 11.3 Å². The van der Waals surface area contributed by atoms with Gasteiger partial charge in [0.2, 0.25) is 0 Å². The molecule has 102 valence electrons. The minimum Gasteiger partial charge on any atom is -0.326 e. The largest absolute Gasteiger partial charge is 0.326 e. The Balaban J connectivity index is 2.12. The molecular formula is C15H26N2S. The number of hydrogen-bond acceptors (Lipinski definition) is 3. The molecule has 1 aromatic rings. The number of rotatable bonds is 6. The highest BCUT2D eigenvalue weighted by Crippen LogP contribution is 2.32. The van der Waals surface area contributed by atoms with Crippen molar-refractivity contribution in [3.05, 3.63) is 22.4 Å². The van der Waals surface area contributed by atoms with Crippen molar-refractivity contribution >= 4 is 11.3 Å². The lowest BCUT2D eigenvalue weighted by molar-refractivity contribution is 0.0771.